The number of thiazole rings is 1. The third kappa shape index (κ3) is 4.37. The van der Waals surface area contributed by atoms with Gasteiger partial charge < -0.3 is 9.55 Å². The Bertz CT molecular complexity index is 1570. The summed E-state index contributed by atoms with van der Waals surface area (Å²) in [6.45, 7) is 0.618. The van der Waals surface area contributed by atoms with Gasteiger partial charge in [0.2, 0.25) is 0 Å². The summed E-state index contributed by atoms with van der Waals surface area (Å²) >= 11 is 7.24. The van der Waals surface area contributed by atoms with Crippen LogP contribution in [0.2, 0.25) is 5.02 Å². The van der Waals surface area contributed by atoms with Crippen molar-refractivity contribution in [3.05, 3.63) is 110 Å². The molecule has 2 heterocycles. The van der Waals surface area contributed by atoms with Gasteiger partial charge in [-0.2, -0.15) is 0 Å². The van der Waals surface area contributed by atoms with E-state index < -0.39 is 10.7 Å². The average Bonchev–Trinajstić information content (AvgIpc) is 3.44. The molecular weight excluding hydrogens is 475 g/mol. The van der Waals surface area contributed by atoms with E-state index in [1.165, 1.54) is 41.2 Å². The van der Waals surface area contributed by atoms with Crippen LogP contribution >= 0.6 is 22.9 Å². The first-order valence-electron chi connectivity index (χ1n) is 10.5. The summed E-state index contributed by atoms with van der Waals surface area (Å²) in [6, 6.07) is 19.0. The van der Waals surface area contributed by atoms with Crippen molar-refractivity contribution in [2.24, 2.45) is 4.99 Å². The molecule has 34 heavy (non-hydrogen) atoms. The Hall–Kier alpha value is -3.75. The number of H-pyrrole nitrogens is 1. The lowest BCUT2D eigenvalue weighted by atomic mass is 10.1. The maximum atomic E-state index is 14.0. The van der Waals surface area contributed by atoms with Gasteiger partial charge in [-0.3, -0.25) is 10.1 Å². The van der Waals surface area contributed by atoms with Crippen LogP contribution in [0.15, 0.2) is 83.3 Å². The van der Waals surface area contributed by atoms with Crippen LogP contribution in [-0.2, 0) is 13.0 Å². The summed E-state index contributed by atoms with van der Waals surface area (Å²) in [5, 5.41) is 14.2. The normalized spacial score (nSPS) is 11.9. The standard InChI is InChI=1S/C25H18ClFN4O2S/c26-21-10-7-18(13-22(21)27)29-25-30(12-11-17-14-28-23-4-2-1-3-20(17)23)24(15-34-25)16-5-8-19(9-6-16)31(32)33/h1-10,13-15,28H,11-12H2. The van der Waals surface area contributed by atoms with E-state index >= 15 is 0 Å². The Balaban J connectivity index is 1.57. The van der Waals surface area contributed by atoms with Crippen LogP contribution in [0.3, 0.4) is 0 Å². The highest BCUT2D eigenvalue weighted by atomic mass is 35.5. The molecule has 0 atom stereocenters. The molecule has 0 saturated heterocycles. The van der Waals surface area contributed by atoms with Crippen LogP contribution in [-0.4, -0.2) is 14.5 Å². The smallest absolute Gasteiger partial charge is 0.269 e. The molecule has 170 valence electrons. The predicted molar refractivity (Wildman–Crippen MR) is 133 cm³/mol. The Kier molecular flexibility index (Phi) is 6.00. The fourth-order valence-electron chi connectivity index (χ4n) is 3.86. The van der Waals surface area contributed by atoms with E-state index in [0.29, 0.717) is 17.0 Å². The third-order valence-electron chi connectivity index (χ3n) is 5.58. The molecule has 0 fully saturated rings. The van der Waals surface area contributed by atoms with E-state index in [1.807, 2.05) is 29.8 Å². The van der Waals surface area contributed by atoms with Crippen molar-refractivity contribution in [3.8, 4) is 11.3 Å². The van der Waals surface area contributed by atoms with Crippen molar-refractivity contribution in [1.82, 2.24) is 9.55 Å². The number of aromatic nitrogens is 2. The fraction of sp³-hybridized carbons (Fsp3) is 0.0800. The van der Waals surface area contributed by atoms with Crippen molar-refractivity contribution in [2.45, 2.75) is 13.0 Å². The highest BCUT2D eigenvalue weighted by Gasteiger charge is 2.12. The molecule has 2 aromatic heterocycles. The van der Waals surface area contributed by atoms with Gasteiger partial charge in [-0.1, -0.05) is 29.8 Å². The number of non-ortho nitro benzene ring substituents is 1. The third-order valence-corrected chi connectivity index (χ3v) is 6.75. The molecule has 9 heteroatoms. The zero-order valence-electron chi connectivity index (χ0n) is 17.7. The molecule has 0 spiro atoms. The van der Waals surface area contributed by atoms with Crippen LogP contribution in [0.25, 0.3) is 22.2 Å². The first-order valence-corrected chi connectivity index (χ1v) is 11.7. The summed E-state index contributed by atoms with van der Waals surface area (Å²) < 4.78 is 16.0. The minimum Gasteiger partial charge on any atom is -0.361 e. The lowest BCUT2D eigenvalue weighted by molar-refractivity contribution is -0.384. The van der Waals surface area contributed by atoms with E-state index in [2.05, 4.69) is 20.6 Å². The van der Waals surface area contributed by atoms with E-state index in [9.17, 15) is 14.5 Å². The molecule has 0 saturated carbocycles. The molecule has 3 aromatic carbocycles. The first-order chi connectivity index (χ1) is 16.5. The lowest BCUT2D eigenvalue weighted by Gasteiger charge is -2.09. The molecule has 0 aliphatic rings. The van der Waals surface area contributed by atoms with E-state index in [0.717, 1.165) is 28.6 Å². The number of hydrogen-bond donors (Lipinski definition) is 1. The van der Waals surface area contributed by atoms with Crippen molar-refractivity contribution in [3.63, 3.8) is 0 Å². The van der Waals surface area contributed by atoms with E-state index in [4.69, 9.17) is 11.6 Å². The molecule has 0 radical (unpaired) electrons. The van der Waals surface area contributed by atoms with Gasteiger partial charge in [0.1, 0.15) is 5.82 Å². The molecule has 0 amide bonds. The molecule has 0 unspecified atom stereocenters. The summed E-state index contributed by atoms with van der Waals surface area (Å²) in [6.07, 6.45) is 2.75. The van der Waals surface area contributed by atoms with Crippen LogP contribution < -0.4 is 4.80 Å². The van der Waals surface area contributed by atoms with Gasteiger partial charge in [-0.25, -0.2) is 9.38 Å². The molecule has 6 nitrogen and oxygen atoms in total. The maximum absolute atomic E-state index is 14.0. The van der Waals surface area contributed by atoms with E-state index in [1.54, 1.807) is 18.2 Å². The molecule has 0 bridgehead atoms. The molecule has 0 aliphatic carbocycles. The monoisotopic (exact) mass is 492 g/mol. The number of fused-ring (bicyclic) bond motifs is 1. The average molecular weight is 493 g/mol. The van der Waals surface area contributed by atoms with Gasteiger partial charge in [0.15, 0.2) is 4.80 Å². The number of halogens is 2. The SMILES string of the molecule is O=[N+]([O-])c1ccc(-c2csc(=Nc3ccc(Cl)c(F)c3)n2CCc2c[nH]c3ccccc23)cc1. The second-order valence-corrected chi connectivity index (χ2v) is 8.92. The number of nitrogens with zero attached hydrogens (tertiary/aromatic N) is 3. The number of rotatable bonds is 6. The number of aryl methyl sites for hydroxylation is 1. The lowest BCUT2D eigenvalue weighted by Crippen LogP contribution is -2.17. The van der Waals surface area contributed by atoms with Gasteiger partial charge in [-0.15, -0.1) is 11.3 Å². The zero-order valence-corrected chi connectivity index (χ0v) is 19.3. The van der Waals surface area contributed by atoms with Gasteiger partial charge >= 0.3 is 0 Å². The van der Waals surface area contributed by atoms with E-state index in [-0.39, 0.29) is 10.7 Å². The van der Waals surface area contributed by atoms with Crippen molar-refractivity contribution < 1.29 is 9.31 Å². The number of nitro benzene ring substituents is 1. The molecule has 0 aliphatic heterocycles. The summed E-state index contributed by atoms with van der Waals surface area (Å²) in [7, 11) is 0. The Morgan fingerprint density at radius 1 is 1.12 bits per heavy atom. The number of hydrogen-bond acceptors (Lipinski definition) is 4. The van der Waals surface area contributed by atoms with Crippen LogP contribution in [0, 0.1) is 15.9 Å². The number of nitro groups is 1. The van der Waals surface area contributed by atoms with Crippen LogP contribution in [0.5, 0.6) is 0 Å². The first kappa shape index (κ1) is 22.1. The molecule has 5 aromatic rings. The summed E-state index contributed by atoms with van der Waals surface area (Å²) in [5.41, 5.74) is 4.46. The Labute approximate surface area is 202 Å². The summed E-state index contributed by atoms with van der Waals surface area (Å²) in [4.78, 5) is 19.3. The largest absolute Gasteiger partial charge is 0.361 e. The number of nitrogens with one attached hydrogen (secondary N) is 1. The highest BCUT2D eigenvalue weighted by Crippen LogP contribution is 2.26. The Morgan fingerprint density at radius 3 is 2.68 bits per heavy atom. The Morgan fingerprint density at radius 2 is 1.91 bits per heavy atom. The zero-order chi connectivity index (χ0) is 23.7. The quantitative estimate of drug-likeness (QED) is 0.207. The second kappa shape index (κ2) is 9.24. The van der Waals surface area contributed by atoms with Gasteiger partial charge in [0, 0.05) is 47.2 Å². The number of aromatic amines is 1. The second-order valence-electron chi connectivity index (χ2n) is 7.68. The topological polar surface area (TPSA) is 76.2 Å². The highest BCUT2D eigenvalue weighted by molar-refractivity contribution is 7.07. The molecular formula is C25H18ClFN4O2S. The minimum atomic E-state index is -0.527. The minimum absolute atomic E-state index is 0.0332. The maximum Gasteiger partial charge on any atom is 0.269 e. The number of benzene rings is 3. The number of para-hydroxylation sites is 1. The van der Waals surface area contributed by atoms with Gasteiger partial charge in [0.25, 0.3) is 5.69 Å². The molecule has 1 N–H and O–H groups in total. The van der Waals surface area contributed by atoms with Crippen molar-refractivity contribution in [2.75, 3.05) is 0 Å². The molecule has 5 rings (SSSR count). The predicted octanol–water partition coefficient (Wildman–Crippen LogP) is 6.87. The fourth-order valence-corrected chi connectivity index (χ4v) is 4.93. The van der Waals surface area contributed by atoms with Crippen LogP contribution in [0.4, 0.5) is 15.8 Å². The summed E-state index contributed by atoms with van der Waals surface area (Å²) in [5.74, 6) is -0.527. The van der Waals surface area contributed by atoms with Crippen molar-refractivity contribution in [1.29, 1.82) is 0 Å². The van der Waals surface area contributed by atoms with Gasteiger partial charge in [-0.05, 0) is 47.9 Å². The van der Waals surface area contributed by atoms with Crippen LogP contribution in [0.1, 0.15) is 5.56 Å². The van der Waals surface area contributed by atoms with Crippen molar-refractivity contribution >= 4 is 45.2 Å². The van der Waals surface area contributed by atoms with Gasteiger partial charge in [0.05, 0.1) is 21.3 Å².